The van der Waals surface area contributed by atoms with Gasteiger partial charge >= 0.3 is 0 Å². The lowest BCUT2D eigenvalue weighted by Gasteiger charge is -2.24. The van der Waals surface area contributed by atoms with Crippen molar-refractivity contribution in [1.82, 2.24) is 0 Å². The van der Waals surface area contributed by atoms with Gasteiger partial charge in [-0.1, -0.05) is 36.4 Å². The number of carbonyl (C=O) groups is 2. The first-order valence-electron chi connectivity index (χ1n) is 8.97. The number of carbonyl (C=O) groups excluding carboxylic acids is 2. The van der Waals surface area contributed by atoms with Crippen molar-refractivity contribution in [2.75, 3.05) is 14.2 Å². The van der Waals surface area contributed by atoms with Gasteiger partial charge in [-0.15, -0.1) is 0 Å². The highest BCUT2D eigenvalue weighted by molar-refractivity contribution is 6.33. The van der Waals surface area contributed by atoms with Gasteiger partial charge in [0.25, 0.3) is 0 Å². The molecule has 4 rings (SSSR count). The molecule has 28 heavy (non-hydrogen) atoms. The number of ketones is 2. The molecule has 3 aromatic rings. The predicted molar refractivity (Wildman–Crippen MR) is 103 cm³/mol. The molecule has 1 heterocycles. The van der Waals surface area contributed by atoms with Gasteiger partial charge in [-0.05, 0) is 17.7 Å². The molecule has 0 saturated carbocycles. The number of nitrogens with zero attached hydrogens (tertiary/aromatic N) is 1. The number of hydrogen-bond acceptors (Lipinski definition) is 4. The highest BCUT2D eigenvalue weighted by Gasteiger charge is 2.57. The summed E-state index contributed by atoms with van der Waals surface area (Å²) in [4.78, 5) is 27.2. The van der Waals surface area contributed by atoms with Crippen molar-refractivity contribution in [1.29, 1.82) is 0 Å². The minimum atomic E-state index is -1.35. The van der Waals surface area contributed by atoms with Crippen LogP contribution in [0, 0.1) is 0 Å². The molecule has 0 amide bonds. The maximum atomic E-state index is 13.6. The summed E-state index contributed by atoms with van der Waals surface area (Å²) in [6.07, 6.45) is 3.71. The Labute approximate surface area is 163 Å². The number of rotatable bonds is 5. The first-order chi connectivity index (χ1) is 13.6. The van der Waals surface area contributed by atoms with Gasteiger partial charge in [0.1, 0.15) is 0 Å². The minimum Gasteiger partial charge on any atom is -0.493 e. The molecule has 1 aromatic heterocycles. The van der Waals surface area contributed by atoms with Gasteiger partial charge in [0, 0.05) is 23.3 Å². The second-order valence-electron chi connectivity index (χ2n) is 6.73. The molecular weight excluding hydrogens is 354 g/mol. The molecule has 0 bridgehead atoms. The third-order valence-electron chi connectivity index (χ3n) is 5.26. The summed E-state index contributed by atoms with van der Waals surface area (Å²) in [7, 11) is 3.09. The summed E-state index contributed by atoms with van der Waals surface area (Å²) in [5.74, 6) is 0.631. The van der Waals surface area contributed by atoms with Crippen molar-refractivity contribution in [3.63, 3.8) is 0 Å². The van der Waals surface area contributed by atoms with Crippen molar-refractivity contribution in [3.8, 4) is 11.5 Å². The van der Waals surface area contributed by atoms with E-state index in [4.69, 9.17) is 9.47 Å². The minimum absolute atomic E-state index is 0.198. The number of pyridine rings is 1. The molecule has 2 aromatic carbocycles. The third-order valence-corrected chi connectivity index (χ3v) is 5.26. The van der Waals surface area contributed by atoms with Gasteiger partial charge in [-0.25, -0.2) is 4.57 Å². The quantitative estimate of drug-likeness (QED) is 0.509. The summed E-state index contributed by atoms with van der Waals surface area (Å²) < 4.78 is 12.6. The molecule has 5 nitrogen and oxygen atoms in total. The number of aromatic nitrogens is 1. The summed E-state index contributed by atoms with van der Waals surface area (Å²) >= 11 is 0. The molecule has 0 radical (unpaired) electrons. The van der Waals surface area contributed by atoms with Crippen LogP contribution < -0.4 is 14.0 Å². The molecule has 1 aliphatic rings. The molecule has 0 spiro atoms. The maximum absolute atomic E-state index is 13.6. The zero-order valence-corrected chi connectivity index (χ0v) is 15.7. The second-order valence-corrected chi connectivity index (χ2v) is 6.73. The Hall–Kier alpha value is -3.47. The Morgan fingerprint density at radius 2 is 1.39 bits per heavy atom. The van der Waals surface area contributed by atoms with Gasteiger partial charge in [-0.3, -0.25) is 9.59 Å². The van der Waals surface area contributed by atoms with E-state index in [0.29, 0.717) is 28.2 Å². The molecule has 0 N–H and O–H groups in total. The molecule has 0 fully saturated rings. The summed E-state index contributed by atoms with van der Waals surface area (Å²) in [6, 6.07) is 17.9. The van der Waals surface area contributed by atoms with E-state index in [1.54, 1.807) is 49.6 Å². The topological polar surface area (TPSA) is 56.5 Å². The fourth-order valence-electron chi connectivity index (χ4n) is 3.85. The number of ether oxygens (including phenoxy) is 2. The van der Waals surface area contributed by atoms with Crippen LogP contribution in [0.15, 0.2) is 73.1 Å². The van der Waals surface area contributed by atoms with E-state index >= 15 is 0 Å². The fourth-order valence-corrected chi connectivity index (χ4v) is 3.85. The average Bonchev–Trinajstić information content (AvgIpc) is 2.97. The van der Waals surface area contributed by atoms with E-state index in [9.17, 15) is 9.59 Å². The highest BCUT2D eigenvalue weighted by atomic mass is 16.5. The van der Waals surface area contributed by atoms with E-state index in [1.807, 2.05) is 35.2 Å². The van der Waals surface area contributed by atoms with E-state index in [2.05, 4.69) is 0 Å². The number of methoxy groups -OCH3 is 2. The Kier molecular flexibility index (Phi) is 4.43. The van der Waals surface area contributed by atoms with Crippen LogP contribution in [0.4, 0.5) is 0 Å². The Morgan fingerprint density at radius 1 is 0.786 bits per heavy atom. The molecule has 5 heteroatoms. The van der Waals surface area contributed by atoms with E-state index in [1.165, 1.54) is 7.11 Å². The summed E-state index contributed by atoms with van der Waals surface area (Å²) in [5, 5.41) is 0. The first kappa shape index (κ1) is 17.9. The van der Waals surface area contributed by atoms with Crippen molar-refractivity contribution in [3.05, 3.63) is 89.7 Å². The van der Waals surface area contributed by atoms with Crippen LogP contribution in [0.5, 0.6) is 11.5 Å². The summed E-state index contributed by atoms with van der Waals surface area (Å²) in [5.41, 5.74) is 0.153. The summed E-state index contributed by atoms with van der Waals surface area (Å²) in [6.45, 7) is 0.204. The van der Waals surface area contributed by atoms with E-state index in [-0.39, 0.29) is 18.1 Å². The molecule has 0 saturated heterocycles. The number of benzene rings is 2. The largest absolute Gasteiger partial charge is 0.493 e. The predicted octanol–water partition coefficient (Wildman–Crippen LogP) is 3.01. The maximum Gasteiger partial charge on any atom is 0.188 e. The fraction of sp³-hybridized carbons (Fsp3) is 0.174. The lowest BCUT2D eigenvalue weighted by molar-refractivity contribution is -0.700. The van der Waals surface area contributed by atoms with E-state index < -0.39 is 5.41 Å². The van der Waals surface area contributed by atoms with Crippen LogP contribution >= 0.6 is 0 Å². The molecule has 0 aliphatic heterocycles. The Bertz CT molecular complexity index is 1020. The third kappa shape index (κ3) is 2.59. The lowest BCUT2D eigenvalue weighted by Crippen LogP contribution is -2.52. The smallest absolute Gasteiger partial charge is 0.188 e. The number of hydrogen-bond donors (Lipinski definition) is 0. The van der Waals surface area contributed by atoms with Crippen molar-refractivity contribution >= 4 is 11.6 Å². The first-order valence-corrected chi connectivity index (χ1v) is 8.97. The van der Waals surface area contributed by atoms with Crippen LogP contribution in [0.1, 0.15) is 26.3 Å². The Morgan fingerprint density at radius 3 is 1.96 bits per heavy atom. The average molecular weight is 374 g/mol. The van der Waals surface area contributed by atoms with E-state index in [0.717, 1.165) is 0 Å². The molecular formula is C23H20NO4+. The standard InChI is InChI=1S/C23H20NO4/c1-27-19-11-10-16(14-20(19)28-2)23(15-24-12-6-3-7-13-24)21(25)17-8-4-5-9-18(17)22(23)26/h3-14H,15H2,1-2H3/q+1. The van der Waals surface area contributed by atoms with Crippen LogP contribution in [-0.4, -0.2) is 25.8 Å². The number of fused-ring (bicyclic) bond motifs is 1. The zero-order valence-electron chi connectivity index (χ0n) is 15.7. The van der Waals surface area contributed by atoms with Crippen molar-refractivity contribution in [2.45, 2.75) is 12.0 Å². The van der Waals surface area contributed by atoms with Gasteiger partial charge in [-0.2, -0.15) is 0 Å². The van der Waals surface area contributed by atoms with Gasteiger partial charge < -0.3 is 9.47 Å². The van der Waals surface area contributed by atoms with Crippen LogP contribution in [0.3, 0.4) is 0 Å². The van der Waals surface area contributed by atoms with Crippen molar-refractivity contribution in [2.24, 2.45) is 0 Å². The normalized spacial score (nSPS) is 14.6. The Balaban J connectivity index is 1.94. The molecule has 0 unspecified atom stereocenters. The van der Waals surface area contributed by atoms with Crippen molar-refractivity contribution < 1.29 is 23.6 Å². The van der Waals surface area contributed by atoms with Crippen LogP contribution in [0.25, 0.3) is 0 Å². The van der Waals surface area contributed by atoms with Crippen LogP contribution in [0.2, 0.25) is 0 Å². The molecule has 1 aliphatic carbocycles. The zero-order chi connectivity index (χ0) is 19.7. The van der Waals surface area contributed by atoms with Gasteiger partial charge in [0.05, 0.1) is 14.2 Å². The highest BCUT2D eigenvalue weighted by Crippen LogP contribution is 2.42. The molecule has 0 atom stereocenters. The number of Topliss-reactive ketones (excluding diaryl/α,β-unsaturated/α-hetero) is 2. The second kappa shape index (κ2) is 6.93. The molecule has 140 valence electrons. The monoisotopic (exact) mass is 374 g/mol. The van der Waals surface area contributed by atoms with Gasteiger partial charge in [0.2, 0.25) is 0 Å². The SMILES string of the molecule is COc1ccc(C2(C[n+]3ccccc3)C(=O)c3ccccc3C2=O)cc1OC. The lowest BCUT2D eigenvalue weighted by atomic mass is 9.75. The van der Waals surface area contributed by atoms with Crippen LogP contribution in [-0.2, 0) is 12.0 Å². The van der Waals surface area contributed by atoms with Gasteiger partial charge in [0.15, 0.2) is 47.4 Å².